The van der Waals surface area contributed by atoms with Crippen LogP contribution in [0.1, 0.15) is 0 Å². The summed E-state index contributed by atoms with van der Waals surface area (Å²) in [6, 6.07) is -1.62. The Balaban J connectivity index is 3.21. The number of nitrogens with zero attached hydrogens (tertiary/aromatic N) is 2. The van der Waals surface area contributed by atoms with Gasteiger partial charge in [0.1, 0.15) is 5.76 Å². The summed E-state index contributed by atoms with van der Waals surface area (Å²) in [5, 5.41) is 21.7. The lowest BCUT2D eigenvalue weighted by atomic mass is 9.98. The maximum Gasteiger partial charge on any atom is 0.415 e. The van der Waals surface area contributed by atoms with Gasteiger partial charge in [-0.05, 0) is 6.08 Å². The van der Waals surface area contributed by atoms with Crippen LogP contribution in [-0.4, -0.2) is 35.8 Å². The van der Waals surface area contributed by atoms with Crippen LogP contribution >= 0.6 is 0 Å². The molecule has 16 heavy (non-hydrogen) atoms. The maximum absolute atomic E-state index is 10.9. The molecule has 0 fully saturated rings. The number of rotatable bonds is 4. The fourth-order valence-electron chi connectivity index (χ4n) is 1.41. The summed E-state index contributed by atoms with van der Waals surface area (Å²) in [5.41, 5.74) is -2.18. The van der Waals surface area contributed by atoms with Crippen molar-refractivity contribution in [1.82, 2.24) is 0 Å². The summed E-state index contributed by atoms with van der Waals surface area (Å²) in [4.78, 5) is 20.0. The Morgan fingerprint density at radius 1 is 1.38 bits per heavy atom. The van der Waals surface area contributed by atoms with Crippen molar-refractivity contribution in [3.05, 3.63) is 44.2 Å². The fraction of sp³-hybridized carbons (Fsp3) is 0.500. The van der Waals surface area contributed by atoms with E-state index in [1.54, 1.807) is 0 Å². The highest BCUT2D eigenvalue weighted by Gasteiger charge is 2.58. The zero-order valence-electron chi connectivity index (χ0n) is 8.65. The van der Waals surface area contributed by atoms with Gasteiger partial charge in [-0.1, -0.05) is 0 Å². The Kier molecular flexibility index (Phi) is 3.23. The summed E-state index contributed by atoms with van der Waals surface area (Å²) >= 11 is 0. The lowest BCUT2D eigenvalue weighted by Crippen LogP contribution is -2.53. The lowest BCUT2D eigenvalue weighted by molar-refractivity contribution is -0.677. The Hall–Kier alpha value is -1.96. The van der Waals surface area contributed by atoms with Crippen LogP contribution in [-0.2, 0) is 9.47 Å². The zero-order valence-corrected chi connectivity index (χ0v) is 8.65. The highest BCUT2D eigenvalue weighted by atomic mass is 16.7. The van der Waals surface area contributed by atoms with E-state index in [0.29, 0.717) is 0 Å². The maximum atomic E-state index is 10.9. The molecule has 0 saturated heterocycles. The SMILES string of the molecule is COC1=CC([N+](=O)[O-])C(OC)([N+](=O)[O-])C=C1. The van der Waals surface area contributed by atoms with Gasteiger partial charge in [-0.2, -0.15) is 0 Å². The second-order valence-electron chi connectivity index (χ2n) is 3.05. The van der Waals surface area contributed by atoms with Crippen LogP contribution in [0.2, 0.25) is 0 Å². The molecule has 0 saturated carbocycles. The van der Waals surface area contributed by atoms with Crippen molar-refractivity contribution in [2.24, 2.45) is 0 Å². The molecule has 2 atom stereocenters. The van der Waals surface area contributed by atoms with Gasteiger partial charge >= 0.3 is 11.8 Å². The number of hydrogen-bond donors (Lipinski definition) is 0. The molecule has 0 aromatic carbocycles. The van der Waals surface area contributed by atoms with Gasteiger partial charge in [-0.15, -0.1) is 0 Å². The average Bonchev–Trinajstić information content (AvgIpc) is 2.27. The molecular formula is C8H10N2O6. The first kappa shape index (κ1) is 12.1. The van der Waals surface area contributed by atoms with Crippen molar-refractivity contribution >= 4 is 0 Å². The monoisotopic (exact) mass is 230 g/mol. The van der Waals surface area contributed by atoms with Gasteiger partial charge in [0.05, 0.1) is 12.0 Å². The second kappa shape index (κ2) is 4.27. The third-order valence-electron chi connectivity index (χ3n) is 2.31. The molecule has 0 aromatic heterocycles. The Bertz CT molecular complexity index is 377. The van der Waals surface area contributed by atoms with Gasteiger partial charge in [0, 0.05) is 24.2 Å². The molecule has 1 aliphatic carbocycles. The van der Waals surface area contributed by atoms with Gasteiger partial charge in [0.25, 0.3) is 0 Å². The molecular weight excluding hydrogens is 220 g/mol. The molecule has 0 N–H and O–H groups in total. The molecule has 0 radical (unpaired) electrons. The summed E-state index contributed by atoms with van der Waals surface area (Å²) in [7, 11) is 2.37. The Labute approximate surface area is 90.4 Å². The smallest absolute Gasteiger partial charge is 0.415 e. The minimum Gasteiger partial charge on any atom is -0.497 e. The largest absolute Gasteiger partial charge is 0.497 e. The summed E-state index contributed by atoms with van der Waals surface area (Å²) < 4.78 is 9.46. The van der Waals surface area contributed by atoms with Crippen LogP contribution < -0.4 is 0 Å². The van der Waals surface area contributed by atoms with E-state index in [1.807, 2.05) is 0 Å². The molecule has 8 nitrogen and oxygen atoms in total. The Morgan fingerprint density at radius 3 is 2.38 bits per heavy atom. The molecule has 0 aliphatic heterocycles. The van der Waals surface area contributed by atoms with E-state index in [4.69, 9.17) is 4.74 Å². The van der Waals surface area contributed by atoms with Crippen molar-refractivity contribution in [3.8, 4) is 0 Å². The number of methoxy groups -OCH3 is 2. The summed E-state index contributed by atoms with van der Waals surface area (Å²) in [5.74, 6) is 0.191. The molecule has 0 bridgehead atoms. The van der Waals surface area contributed by atoms with Crippen molar-refractivity contribution in [1.29, 1.82) is 0 Å². The van der Waals surface area contributed by atoms with E-state index in [9.17, 15) is 20.2 Å². The Morgan fingerprint density at radius 2 is 2.00 bits per heavy atom. The van der Waals surface area contributed by atoms with E-state index in [2.05, 4.69) is 4.74 Å². The minimum atomic E-state index is -2.18. The molecule has 0 amide bonds. The van der Waals surface area contributed by atoms with E-state index in [1.165, 1.54) is 13.2 Å². The van der Waals surface area contributed by atoms with Crippen LogP contribution in [0.25, 0.3) is 0 Å². The summed E-state index contributed by atoms with van der Waals surface area (Å²) in [6.45, 7) is 0. The van der Waals surface area contributed by atoms with Crippen LogP contribution in [0.3, 0.4) is 0 Å². The van der Waals surface area contributed by atoms with Crippen LogP contribution in [0.15, 0.2) is 24.0 Å². The topological polar surface area (TPSA) is 105 Å². The van der Waals surface area contributed by atoms with Gasteiger partial charge in [-0.3, -0.25) is 20.2 Å². The molecule has 88 valence electrons. The van der Waals surface area contributed by atoms with Crippen molar-refractivity contribution < 1.29 is 19.3 Å². The lowest BCUT2D eigenvalue weighted by Gasteiger charge is -2.24. The van der Waals surface area contributed by atoms with Gasteiger partial charge in [0.2, 0.25) is 0 Å². The first-order valence-electron chi connectivity index (χ1n) is 4.26. The highest BCUT2D eigenvalue weighted by molar-refractivity contribution is 5.25. The molecule has 1 aliphatic rings. The number of allylic oxidation sites excluding steroid dienone is 1. The quantitative estimate of drug-likeness (QED) is 0.392. The number of nitro groups is 2. The molecule has 1 rings (SSSR count). The highest BCUT2D eigenvalue weighted by Crippen LogP contribution is 2.27. The standard InChI is InChI=1S/C8H10N2O6/c1-15-6-3-4-8(16-2,10(13)14)7(5-6)9(11)12/h3-5,7H,1-2H3. The van der Waals surface area contributed by atoms with Crippen molar-refractivity contribution in [2.45, 2.75) is 11.8 Å². The average molecular weight is 230 g/mol. The van der Waals surface area contributed by atoms with Gasteiger partial charge in [0.15, 0.2) is 0 Å². The van der Waals surface area contributed by atoms with Crippen LogP contribution in [0, 0.1) is 20.2 Å². The second-order valence-corrected chi connectivity index (χ2v) is 3.05. The van der Waals surface area contributed by atoms with Crippen molar-refractivity contribution in [2.75, 3.05) is 14.2 Å². The zero-order chi connectivity index (χ0) is 12.3. The van der Waals surface area contributed by atoms with Gasteiger partial charge < -0.3 is 9.47 Å². The minimum absolute atomic E-state index is 0.191. The molecule has 2 unspecified atom stereocenters. The van der Waals surface area contributed by atoms with E-state index in [0.717, 1.165) is 19.3 Å². The predicted molar refractivity (Wildman–Crippen MR) is 51.7 cm³/mol. The number of hydrogen-bond acceptors (Lipinski definition) is 6. The molecule has 0 heterocycles. The van der Waals surface area contributed by atoms with E-state index in [-0.39, 0.29) is 5.76 Å². The third kappa shape index (κ3) is 1.74. The van der Waals surface area contributed by atoms with E-state index < -0.39 is 21.6 Å². The molecule has 8 heteroatoms. The summed E-state index contributed by atoms with van der Waals surface area (Å²) in [6.07, 6.45) is 3.33. The fourth-order valence-corrected chi connectivity index (χ4v) is 1.41. The molecule has 0 spiro atoms. The van der Waals surface area contributed by atoms with Crippen molar-refractivity contribution in [3.63, 3.8) is 0 Å². The van der Waals surface area contributed by atoms with Crippen LogP contribution in [0.4, 0.5) is 0 Å². The normalized spacial score (nSPS) is 28.4. The molecule has 0 aromatic rings. The third-order valence-corrected chi connectivity index (χ3v) is 2.31. The van der Waals surface area contributed by atoms with Crippen LogP contribution in [0.5, 0.6) is 0 Å². The first-order chi connectivity index (χ1) is 7.47. The van der Waals surface area contributed by atoms with E-state index >= 15 is 0 Å². The number of ether oxygens (including phenoxy) is 2. The van der Waals surface area contributed by atoms with Gasteiger partial charge in [-0.25, -0.2) is 0 Å². The predicted octanol–water partition coefficient (Wildman–Crippen LogP) is 0.351. The first-order valence-corrected chi connectivity index (χ1v) is 4.26.